The highest BCUT2D eigenvalue weighted by atomic mass is 16.5. The van der Waals surface area contributed by atoms with E-state index in [1.165, 1.54) is 0 Å². The van der Waals surface area contributed by atoms with Gasteiger partial charge in [-0.2, -0.15) is 0 Å². The van der Waals surface area contributed by atoms with Gasteiger partial charge in [-0.15, -0.1) is 0 Å². The Kier molecular flexibility index (Phi) is 4.32. The lowest BCUT2D eigenvalue weighted by Gasteiger charge is -2.02. The minimum absolute atomic E-state index is 0.0504. The molecule has 0 aliphatic heterocycles. The minimum atomic E-state index is -0.323. The molecule has 0 aliphatic carbocycles. The Morgan fingerprint density at radius 2 is 1.94 bits per heavy atom. The molecule has 1 aromatic carbocycles. The molecule has 0 aromatic heterocycles. The number of nitrogens with zero attached hydrogens (tertiary/aromatic N) is 1. The average Bonchev–Trinajstić information content (AvgIpc) is 2.27. The van der Waals surface area contributed by atoms with Crippen LogP contribution in [0.3, 0.4) is 0 Å². The second-order valence-electron chi connectivity index (χ2n) is 3.16. The van der Waals surface area contributed by atoms with E-state index in [0.717, 1.165) is 5.56 Å². The molecule has 0 spiro atoms. The molecule has 0 atom stereocenters. The van der Waals surface area contributed by atoms with Gasteiger partial charge in [-0.3, -0.25) is 0 Å². The summed E-state index contributed by atoms with van der Waals surface area (Å²) in [6.45, 7) is 2.55. The van der Waals surface area contributed by atoms with Crippen molar-refractivity contribution in [2.24, 2.45) is 16.5 Å². The van der Waals surface area contributed by atoms with Crippen LogP contribution in [-0.4, -0.2) is 18.5 Å². The highest BCUT2D eigenvalue weighted by molar-refractivity contribution is 5.89. The summed E-state index contributed by atoms with van der Waals surface area (Å²) in [6.07, 6.45) is 0. The summed E-state index contributed by atoms with van der Waals surface area (Å²) in [6, 6.07) is 6.96. The number of aliphatic imine (C=N–C) groups is 1. The van der Waals surface area contributed by atoms with Gasteiger partial charge in [0.05, 0.1) is 18.7 Å². The largest absolute Gasteiger partial charge is 0.462 e. The number of hydrogen-bond donors (Lipinski definition) is 2. The lowest BCUT2D eigenvalue weighted by molar-refractivity contribution is 0.0526. The van der Waals surface area contributed by atoms with Crippen molar-refractivity contribution in [1.29, 1.82) is 0 Å². The quantitative estimate of drug-likeness (QED) is 0.443. The van der Waals surface area contributed by atoms with E-state index in [2.05, 4.69) is 4.99 Å². The van der Waals surface area contributed by atoms with Gasteiger partial charge in [0.2, 0.25) is 0 Å². The molecular formula is C11H15N3O2. The number of ether oxygens (including phenoxy) is 1. The molecule has 0 aliphatic rings. The second-order valence-corrected chi connectivity index (χ2v) is 3.16. The third-order valence-electron chi connectivity index (χ3n) is 1.91. The van der Waals surface area contributed by atoms with Gasteiger partial charge in [-0.25, -0.2) is 9.79 Å². The standard InChI is InChI=1S/C11H15N3O2/c1-2-16-10(15)9-5-3-8(4-6-9)7-14-11(12)13/h3-6H,2,7H2,1H3,(H4,12,13,14). The zero-order chi connectivity index (χ0) is 12.0. The predicted octanol–water partition coefficient (Wildman–Crippen LogP) is 0.637. The van der Waals surface area contributed by atoms with Gasteiger partial charge in [0, 0.05) is 0 Å². The summed E-state index contributed by atoms with van der Waals surface area (Å²) in [5.74, 6) is -0.273. The van der Waals surface area contributed by atoms with Crippen LogP contribution >= 0.6 is 0 Å². The molecule has 5 heteroatoms. The van der Waals surface area contributed by atoms with Crippen molar-refractivity contribution in [3.63, 3.8) is 0 Å². The van der Waals surface area contributed by atoms with Crippen molar-refractivity contribution >= 4 is 11.9 Å². The second kappa shape index (κ2) is 5.75. The van der Waals surface area contributed by atoms with Gasteiger partial charge in [0.15, 0.2) is 5.96 Å². The number of carbonyl (C=O) groups excluding carboxylic acids is 1. The van der Waals surface area contributed by atoms with Crippen LogP contribution in [0.2, 0.25) is 0 Å². The third-order valence-corrected chi connectivity index (χ3v) is 1.91. The van der Waals surface area contributed by atoms with Crippen molar-refractivity contribution in [2.45, 2.75) is 13.5 Å². The monoisotopic (exact) mass is 221 g/mol. The fourth-order valence-electron chi connectivity index (χ4n) is 1.14. The van der Waals surface area contributed by atoms with Crippen LogP contribution in [0.1, 0.15) is 22.8 Å². The molecule has 16 heavy (non-hydrogen) atoms. The number of hydrogen-bond acceptors (Lipinski definition) is 3. The molecule has 0 unspecified atom stereocenters. The fraction of sp³-hybridized carbons (Fsp3) is 0.273. The molecule has 4 N–H and O–H groups in total. The molecule has 0 saturated carbocycles. The lowest BCUT2D eigenvalue weighted by Crippen LogP contribution is -2.22. The molecule has 86 valence electrons. The Balaban J connectivity index is 2.68. The number of carbonyl (C=O) groups is 1. The number of nitrogens with two attached hydrogens (primary N) is 2. The van der Waals surface area contributed by atoms with Crippen LogP contribution in [0.25, 0.3) is 0 Å². The van der Waals surface area contributed by atoms with Gasteiger partial charge in [-0.05, 0) is 24.6 Å². The van der Waals surface area contributed by atoms with Crippen LogP contribution in [0.15, 0.2) is 29.3 Å². The zero-order valence-electron chi connectivity index (χ0n) is 9.14. The normalized spacial score (nSPS) is 9.56. The molecule has 0 saturated heterocycles. The van der Waals surface area contributed by atoms with Gasteiger partial charge < -0.3 is 16.2 Å². The Labute approximate surface area is 94.1 Å². The zero-order valence-corrected chi connectivity index (χ0v) is 9.14. The summed E-state index contributed by atoms with van der Waals surface area (Å²) in [7, 11) is 0. The Bertz CT molecular complexity index is 381. The summed E-state index contributed by atoms with van der Waals surface area (Å²) < 4.78 is 4.86. The molecule has 5 nitrogen and oxygen atoms in total. The Hall–Kier alpha value is -2.04. The first-order chi connectivity index (χ1) is 7.63. The van der Waals surface area contributed by atoms with Crippen molar-refractivity contribution in [3.8, 4) is 0 Å². The maximum Gasteiger partial charge on any atom is 0.338 e. The highest BCUT2D eigenvalue weighted by Crippen LogP contribution is 2.07. The minimum Gasteiger partial charge on any atom is -0.462 e. The number of guanidine groups is 1. The molecule has 0 fully saturated rings. The van der Waals surface area contributed by atoms with Crippen LogP contribution in [0, 0.1) is 0 Å². The first-order valence-corrected chi connectivity index (χ1v) is 4.95. The molecule has 0 amide bonds. The molecule has 1 rings (SSSR count). The van der Waals surface area contributed by atoms with Gasteiger partial charge in [0.1, 0.15) is 0 Å². The van der Waals surface area contributed by atoms with Crippen molar-refractivity contribution < 1.29 is 9.53 Å². The summed E-state index contributed by atoms with van der Waals surface area (Å²) in [4.78, 5) is 15.2. The first-order valence-electron chi connectivity index (χ1n) is 4.95. The molecule has 1 aromatic rings. The maximum absolute atomic E-state index is 11.3. The van der Waals surface area contributed by atoms with E-state index in [1.54, 1.807) is 31.2 Å². The third kappa shape index (κ3) is 3.61. The molecular weight excluding hydrogens is 206 g/mol. The van der Waals surface area contributed by atoms with E-state index in [1.807, 2.05) is 0 Å². The van der Waals surface area contributed by atoms with E-state index in [-0.39, 0.29) is 11.9 Å². The topological polar surface area (TPSA) is 90.7 Å². The van der Waals surface area contributed by atoms with Gasteiger partial charge >= 0.3 is 5.97 Å². The Morgan fingerprint density at radius 3 is 2.44 bits per heavy atom. The SMILES string of the molecule is CCOC(=O)c1ccc(CN=C(N)N)cc1. The van der Waals surface area contributed by atoms with Crippen LogP contribution < -0.4 is 11.5 Å². The van der Waals surface area contributed by atoms with Crippen molar-refractivity contribution in [2.75, 3.05) is 6.61 Å². The van der Waals surface area contributed by atoms with Crippen molar-refractivity contribution in [1.82, 2.24) is 0 Å². The summed E-state index contributed by atoms with van der Waals surface area (Å²) in [5, 5.41) is 0. The van der Waals surface area contributed by atoms with Crippen molar-refractivity contribution in [3.05, 3.63) is 35.4 Å². The maximum atomic E-state index is 11.3. The molecule has 0 heterocycles. The van der Waals surface area contributed by atoms with Crippen LogP contribution in [0.5, 0.6) is 0 Å². The molecule has 0 radical (unpaired) electrons. The fourth-order valence-corrected chi connectivity index (χ4v) is 1.14. The average molecular weight is 221 g/mol. The number of esters is 1. The van der Waals surface area contributed by atoms with Crippen LogP contribution in [-0.2, 0) is 11.3 Å². The van der Waals surface area contributed by atoms with Gasteiger partial charge in [-0.1, -0.05) is 12.1 Å². The first kappa shape index (κ1) is 12.0. The predicted molar refractivity (Wildman–Crippen MR) is 61.9 cm³/mol. The highest BCUT2D eigenvalue weighted by Gasteiger charge is 2.04. The van der Waals surface area contributed by atoms with Crippen LogP contribution in [0.4, 0.5) is 0 Å². The summed E-state index contributed by atoms with van der Waals surface area (Å²) in [5.41, 5.74) is 11.9. The van der Waals surface area contributed by atoms with Gasteiger partial charge in [0.25, 0.3) is 0 Å². The van der Waals surface area contributed by atoms with E-state index in [0.29, 0.717) is 18.7 Å². The van der Waals surface area contributed by atoms with E-state index >= 15 is 0 Å². The summed E-state index contributed by atoms with van der Waals surface area (Å²) >= 11 is 0. The Morgan fingerprint density at radius 1 is 1.31 bits per heavy atom. The van der Waals surface area contributed by atoms with E-state index in [9.17, 15) is 4.79 Å². The molecule has 0 bridgehead atoms. The van der Waals surface area contributed by atoms with E-state index in [4.69, 9.17) is 16.2 Å². The van der Waals surface area contributed by atoms with E-state index < -0.39 is 0 Å². The number of benzene rings is 1. The number of rotatable bonds is 4. The smallest absolute Gasteiger partial charge is 0.338 e. The lowest BCUT2D eigenvalue weighted by atomic mass is 10.1.